The first kappa shape index (κ1) is 15.9. The second-order valence-corrected chi connectivity index (χ2v) is 5.72. The van der Waals surface area contributed by atoms with E-state index in [9.17, 15) is 5.11 Å². The number of aliphatic hydroxyl groups is 2. The first-order valence-corrected chi connectivity index (χ1v) is 7.85. The molecule has 0 amide bonds. The molecule has 0 aliphatic heterocycles. The van der Waals surface area contributed by atoms with Gasteiger partial charge in [-0.15, -0.1) is 0 Å². The van der Waals surface area contributed by atoms with Gasteiger partial charge in [0.2, 0.25) is 0 Å². The van der Waals surface area contributed by atoms with Gasteiger partial charge >= 0.3 is 0 Å². The molecule has 1 rings (SSSR count). The molecule has 3 N–H and O–H groups in total. The lowest BCUT2D eigenvalue weighted by molar-refractivity contribution is -0.0278. The zero-order valence-corrected chi connectivity index (χ0v) is 11.8. The maximum absolute atomic E-state index is 10.2. The monoisotopic (exact) mass is 257 g/mol. The maximum Gasteiger partial charge on any atom is 0.116 e. The third-order valence-corrected chi connectivity index (χ3v) is 3.97. The van der Waals surface area contributed by atoms with Gasteiger partial charge in [0.05, 0.1) is 0 Å². The predicted molar refractivity (Wildman–Crippen MR) is 75.4 cm³/mol. The minimum absolute atomic E-state index is 0.336. The van der Waals surface area contributed by atoms with Crippen molar-refractivity contribution >= 4 is 0 Å². The fraction of sp³-hybridized carbons (Fsp3) is 1.00. The molecule has 0 bridgehead atoms. The van der Waals surface area contributed by atoms with E-state index in [1.54, 1.807) is 0 Å². The van der Waals surface area contributed by atoms with Crippen molar-refractivity contribution in [3.63, 3.8) is 0 Å². The zero-order chi connectivity index (χ0) is 13.1. The summed E-state index contributed by atoms with van der Waals surface area (Å²) in [6.45, 7) is 1.29. The number of rotatable bonds is 10. The Morgan fingerprint density at radius 2 is 1.33 bits per heavy atom. The summed E-state index contributed by atoms with van der Waals surface area (Å²) in [5.74, 6) is 0. The maximum atomic E-state index is 10.2. The largest absolute Gasteiger partial charge is 0.396 e. The molecule has 0 spiro atoms. The van der Waals surface area contributed by atoms with Crippen molar-refractivity contribution in [1.82, 2.24) is 5.32 Å². The van der Waals surface area contributed by atoms with Crippen molar-refractivity contribution in [1.29, 1.82) is 0 Å². The van der Waals surface area contributed by atoms with Gasteiger partial charge in [-0.05, 0) is 45.1 Å². The molecule has 3 nitrogen and oxygen atoms in total. The number of hydrogen-bond donors (Lipinski definition) is 3. The molecular weight excluding hydrogens is 226 g/mol. The Morgan fingerprint density at radius 3 is 1.94 bits per heavy atom. The van der Waals surface area contributed by atoms with Crippen LogP contribution in [0.4, 0.5) is 0 Å². The van der Waals surface area contributed by atoms with Crippen LogP contribution in [0.5, 0.6) is 0 Å². The smallest absolute Gasteiger partial charge is 0.116 e. The Balaban J connectivity index is 1.86. The van der Waals surface area contributed by atoms with Crippen molar-refractivity contribution in [2.45, 2.75) is 82.8 Å². The topological polar surface area (TPSA) is 52.5 Å². The summed E-state index contributed by atoms with van der Waals surface area (Å²) < 4.78 is 0. The van der Waals surface area contributed by atoms with Crippen LogP contribution in [-0.2, 0) is 0 Å². The third-order valence-electron chi connectivity index (χ3n) is 3.97. The van der Waals surface area contributed by atoms with Crippen LogP contribution in [0.15, 0.2) is 0 Å². The number of hydrogen-bond acceptors (Lipinski definition) is 3. The van der Waals surface area contributed by atoms with Gasteiger partial charge in [0.1, 0.15) is 5.72 Å². The van der Waals surface area contributed by atoms with E-state index in [1.165, 1.54) is 38.5 Å². The van der Waals surface area contributed by atoms with Gasteiger partial charge in [-0.3, -0.25) is 5.32 Å². The van der Waals surface area contributed by atoms with E-state index in [-0.39, 0.29) is 0 Å². The molecule has 1 aliphatic carbocycles. The predicted octanol–water partition coefficient (Wildman–Crippen LogP) is 2.95. The molecular formula is C15H31NO2. The highest BCUT2D eigenvalue weighted by molar-refractivity contribution is 4.79. The lowest BCUT2D eigenvalue weighted by atomic mass is 9.91. The Labute approximate surface area is 112 Å². The second kappa shape index (κ2) is 9.76. The number of aliphatic hydroxyl groups excluding tert-OH is 1. The Morgan fingerprint density at radius 1 is 0.778 bits per heavy atom. The summed E-state index contributed by atoms with van der Waals surface area (Å²) in [4.78, 5) is 0. The van der Waals surface area contributed by atoms with E-state index in [0.717, 1.165) is 45.1 Å². The highest BCUT2D eigenvalue weighted by Crippen LogP contribution is 2.25. The van der Waals surface area contributed by atoms with Crippen molar-refractivity contribution in [2.24, 2.45) is 0 Å². The van der Waals surface area contributed by atoms with Crippen molar-refractivity contribution in [3.05, 3.63) is 0 Å². The standard InChI is InChI=1S/C15H31NO2/c17-14-10-5-3-1-2-4-9-13-16-15(18)11-7-6-8-12-15/h16-18H,1-14H2. The van der Waals surface area contributed by atoms with E-state index >= 15 is 0 Å². The van der Waals surface area contributed by atoms with Crippen LogP contribution < -0.4 is 5.32 Å². The van der Waals surface area contributed by atoms with E-state index in [4.69, 9.17) is 5.11 Å². The normalized spacial score (nSPS) is 19.0. The minimum atomic E-state index is -0.556. The summed E-state index contributed by atoms with van der Waals surface area (Å²) in [5.41, 5.74) is -0.556. The molecule has 0 atom stereocenters. The molecule has 1 saturated carbocycles. The van der Waals surface area contributed by atoms with Gasteiger partial charge < -0.3 is 10.2 Å². The average molecular weight is 257 g/mol. The second-order valence-electron chi connectivity index (χ2n) is 5.72. The molecule has 18 heavy (non-hydrogen) atoms. The van der Waals surface area contributed by atoms with E-state index < -0.39 is 5.72 Å². The molecule has 0 radical (unpaired) electrons. The molecule has 1 aliphatic rings. The van der Waals surface area contributed by atoms with Gasteiger partial charge in [0.25, 0.3) is 0 Å². The zero-order valence-electron chi connectivity index (χ0n) is 11.8. The van der Waals surface area contributed by atoms with Gasteiger partial charge in [-0.2, -0.15) is 0 Å². The fourth-order valence-electron chi connectivity index (χ4n) is 2.76. The molecule has 0 unspecified atom stereocenters. The fourth-order valence-corrected chi connectivity index (χ4v) is 2.76. The molecule has 0 heterocycles. The van der Waals surface area contributed by atoms with Gasteiger partial charge in [0, 0.05) is 6.61 Å². The highest BCUT2D eigenvalue weighted by Gasteiger charge is 2.27. The first-order valence-electron chi connectivity index (χ1n) is 7.85. The molecule has 1 fully saturated rings. The van der Waals surface area contributed by atoms with Crippen LogP contribution in [0, 0.1) is 0 Å². The first-order chi connectivity index (χ1) is 8.77. The highest BCUT2D eigenvalue weighted by atomic mass is 16.3. The lowest BCUT2D eigenvalue weighted by Gasteiger charge is -2.33. The summed E-state index contributed by atoms with van der Waals surface area (Å²) >= 11 is 0. The van der Waals surface area contributed by atoms with Crippen LogP contribution in [-0.4, -0.2) is 29.1 Å². The Bertz CT molecular complexity index is 191. The summed E-state index contributed by atoms with van der Waals surface area (Å²) in [6.07, 6.45) is 13.8. The van der Waals surface area contributed by atoms with Crippen LogP contribution in [0.25, 0.3) is 0 Å². The van der Waals surface area contributed by atoms with Crippen LogP contribution in [0.2, 0.25) is 0 Å². The molecule has 3 heteroatoms. The Hall–Kier alpha value is -0.120. The van der Waals surface area contributed by atoms with E-state index in [2.05, 4.69) is 5.32 Å². The van der Waals surface area contributed by atoms with Crippen LogP contribution >= 0.6 is 0 Å². The van der Waals surface area contributed by atoms with Gasteiger partial charge in [-0.25, -0.2) is 0 Å². The van der Waals surface area contributed by atoms with Crippen LogP contribution in [0.1, 0.15) is 77.0 Å². The Kier molecular flexibility index (Phi) is 8.64. The average Bonchev–Trinajstić information content (AvgIpc) is 2.38. The SMILES string of the molecule is OCCCCCCCCCNC1(O)CCCCC1. The molecule has 0 aromatic carbocycles. The number of nitrogens with one attached hydrogen (secondary N) is 1. The summed E-state index contributed by atoms with van der Waals surface area (Å²) in [6, 6.07) is 0. The third kappa shape index (κ3) is 7.34. The van der Waals surface area contributed by atoms with Crippen molar-refractivity contribution in [2.75, 3.05) is 13.2 Å². The van der Waals surface area contributed by atoms with Gasteiger partial charge in [0.15, 0.2) is 0 Å². The summed E-state index contributed by atoms with van der Waals surface area (Å²) in [5, 5.41) is 22.2. The molecule has 0 aromatic rings. The van der Waals surface area contributed by atoms with E-state index in [0.29, 0.717) is 6.61 Å². The number of unbranched alkanes of at least 4 members (excludes halogenated alkanes) is 6. The van der Waals surface area contributed by atoms with Crippen LogP contribution in [0.3, 0.4) is 0 Å². The molecule has 0 saturated heterocycles. The van der Waals surface area contributed by atoms with Gasteiger partial charge in [-0.1, -0.05) is 38.5 Å². The summed E-state index contributed by atoms with van der Waals surface area (Å²) in [7, 11) is 0. The van der Waals surface area contributed by atoms with Crippen molar-refractivity contribution < 1.29 is 10.2 Å². The molecule has 0 aromatic heterocycles. The lowest BCUT2D eigenvalue weighted by Crippen LogP contribution is -2.46. The molecule has 108 valence electrons. The van der Waals surface area contributed by atoms with E-state index in [1.807, 2.05) is 0 Å². The minimum Gasteiger partial charge on any atom is -0.396 e. The quantitative estimate of drug-likeness (QED) is 0.416. The van der Waals surface area contributed by atoms with Crippen molar-refractivity contribution in [3.8, 4) is 0 Å².